The second kappa shape index (κ2) is 5.35. The summed E-state index contributed by atoms with van der Waals surface area (Å²) in [7, 11) is 1.34. The Kier molecular flexibility index (Phi) is 4.76. The van der Waals surface area contributed by atoms with Gasteiger partial charge in [-0.15, -0.1) is 0 Å². The monoisotopic (exact) mass is 170 g/mol. The summed E-state index contributed by atoms with van der Waals surface area (Å²) in [5.41, 5.74) is 1.22. The van der Waals surface area contributed by atoms with Gasteiger partial charge in [-0.1, -0.05) is 13.8 Å². The van der Waals surface area contributed by atoms with Gasteiger partial charge in [0, 0.05) is 5.56 Å². The summed E-state index contributed by atoms with van der Waals surface area (Å²) in [5, 5.41) is 6.20. The Morgan fingerprint density at radius 2 is 2.17 bits per heavy atom. The molecule has 0 aliphatic carbocycles. The average Bonchev–Trinajstić information content (AvgIpc) is 2.54. The number of aromatic nitrogens is 2. The maximum atomic E-state index is 10.8. The van der Waals surface area contributed by atoms with Crippen molar-refractivity contribution in [1.82, 2.24) is 10.2 Å². The number of H-pyrrole nitrogens is 1. The molecule has 4 heteroatoms. The highest BCUT2D eigenvalue weighted by molar-refractivity contribution is 5.88. The molecular formula is C8H14N2O2. The van der Waals surface area contributed by atoms with Crippen molar-refractivity contribution in [1.29, 1.82) is 0 Å². The fourth-order valence-corrected chi connectivity index (χ4v) is 0.655. The first kappa shape index (κ1) is 10.7. The first-order valence-electron chi connectivity index (χ1n) is 3.84. The summed E-state index contributed by atoms with van der Waals surface area (Å²) in [4.78, 5) is 10.8. The van der Waals surface area contributed by atoms with Crippen LogP contribution in [0.1, 0.15) is 29.9 Å². The highest BCUT2D eigenvalue weighted by atomic mass is 16.5. The zero-order valence-electron chi connectivity index (χ0n) is 7.84. The number of hydrogen-bond acceptors (Lipinski definition) is 3. The second-order valence-corrected chi connectivity index (χ2v) is 1.92. The van der Waals surface area contributed by atoms with Crippen LogP contribution in [0, 0.1) is 6.92 Å². The van der Waals surface area contributed by atoms with Gasteiger partial charge in [-0.3, -0.25) is 5.10 Å². The van der Waals surface area contributed by atoms with Gasteiger partial charge in [-0.05, 0) is 6.92 Å². The Morgan fingerprint density at radius 1 is 1.58 bits per heavy atom. The van der Waals surface area contributed by atoms with Crippen LogP contribution in [0.5, 0.6) is 0 Å². The largest absolute Gasteiger partial charge is 0.464 e. The van der Waals surface area contributed by atoms with E-state index in [9.17, 15) is 4.79 Å². The topological polar surface area (TPSA) is 55.0 Å². The molecule has 0 fully saturated rings. The van der Waals surface area contributed by atoms with E-state index in [4.69, 9.17) is 0 Å². The van der Waals surface area contributed by atoms with Crippen LogP contribution in [0.25, 0.3) is 0 Å². The number of carbonyl (C=O) groups is 1. The maximum absolute atomic E-state index is 10.8. The van der Waals surface area contributed by atoms with E-state index in [1.807, 2.05) is 13.8 Å². The lowest BCUT2D eigenvalue weighted by Gasteiger charge is -1.93. The van der Waals surface area contributed by atoms with Crippen molar-refractivity contribution in [3.05, 3.63) is 17.5 Å². The van der Waals surface area contributed by atoms with Gasteiger partial charge >= 0.3 is 5.97 Å². The molecule has 1 rings (SSSR count). The number of methoxy groups -OCH3 is 1. The second-order valence-electron chi connectivity index (χ2n) is 1.92. The summed E-state index contributed by atoms with van der Waals surface area (Å²) in [5.74, 6) is -0.380. The molecule has 0 saturated heterocycles. The Morgan fingerprint density at radius 3 is 2.50 bits per heavy atom. The average molecular weight is 170 g/mol. The van der Waals surface area contributed by atoms with Crippen LogP contribution < -0.4 is 0 Å². The van der Waals surface area contributed by atoms with Crippen LogP contribution in [0.2, 0.25) is 0 Å². The molecule has 1 aromatic heterocycles. The predicted octanol–water partition coefficient (Wildman–Crippen LogP) is 1.53. The van der Waals surface area contributed by atoms with E-state index in [0.29, 0.717) is 5.69 Å². The molecule has 1 aromatic rings. The van der Waals surface area contributed by atoms with E-state index in [1.165, 1.54) is 7.11 Å². The fourth-order valence-electron chi connectivity index (χ4n) is 0.655. The third-order valence-corrected chi connectivity index (χ3v) is 1.22. The molecular weight excluding hydrogens is 156 g/mol. The lowest BCUT2D eigenvalue weighted by molar-refractivity contribution is 0.0593. The molecule has 0 bridgehead atoms. The van der Waals surface area contributed by atoms with Crippen LogP contribution >= 0.6 is 0 Å². The number of aromatic amines is 1. The van der Waals surface area contributed by atoms with Gasteiger partial charge in [-0.25, -0.2) is 4.79 Å². The lowest BCUT2D eigenvalue weighted by Crippen LogP contribution is -2.03. The molecule has 0 amide bonds. The van der Waals surface area contributed by atoms with Crippen molar-refractivity contribution in [3.8, 4) is 0 Å². The lowest BCUT2D eigenvalue weighted by atomic mass is 10.3. The van der Waals surface area contributed by atoms with Gasteiger partial charge < -0.3 is 4.74 Å². The molecule has 0 radical (unpaired) electrons. The zero-order valence-corrected chi connectivity index (χ0v) is 7.84. The standard InChI is InChI=1S/C6H8N2O2.C2H6/c1-4-3-7-8-5(4)6(9)10-2;1-2/h3H,1-2H3,(H,7,8);1-2H3. The van der Waals surface area contributed by atoms with E-state index in [1.54, 1.807) is 13.1 Å². The summed E-state index contributed by atoms with van der Waals surface area (Å²) in [6.45, 7) is 5.79. The molecule has 0 aliphatic heterocycles. The van der Waals surface area contributed by atoms with Crippen LogP contribution in [0.15, 0.2) is 6.20 Å². The SMILES string of the molecule is CC.COC(=O)c1[nH]ncc1C. The third kappa shape index (κ3) is 2.38. The van der Waals surface area contributed by atoms with Crippen molar-refractivity contribution in [2.45, 2.75) is 20.8 Å². The predicted molar refractivity (Wildman–Crippen MR) is 46.0 cm³/mol. The van der Waals surface area contributed by atoms with E-state index < -0.39 is 0 Å². The highest BCUT2D eigenvalue weighted by Gasteiger charge is 2.09. The Labute approximate surface area is 71.9 Å². The molecule has 1 heterocycles. The minimum Gasteiger partial charge on any atom is -0.464 e. The minimum absolute atomic E-state index is 0.380. The number of rotatable bonds is 1. The van der Waals surface area contributed by atoms with Crippen LogP contribution in [-0.4, -0.2) is 23.3 Å². The van der Waals surface area contributed by atoms with Crippen molar-refractivity contribution < 1.29 is 9.53 Å². The first-order chi connectivity index (χ1) is 5.75. The molecule has 0 aromatic carbocycles. The third-order valence-electron chi connectivity index (χ3n) is 1.22. The van der Waals surface area contributed by atoms with Gasteiger partial charge in [0.1, 0.15) is 5.69 Å². The number of esters is 1. The van der Waals surface area contributed by atoms with E-state index in [2.05, 4.69) is 14.9 Å². The number of aryl methyl sites for hydroxylation is 1. The van der Waals surface area contributed by atoms with Crippen LogP contribution in [0.3, 0.4) is 0 Å². The van der Waals surface area contributed by atoms with Gasteiger partial charge in [0.25, 0.3) is 0 Å². The summed E-state index contributed by atoms with van der Waals surface area (Å²) >= 11 is 0. The first-order valence-corrected chi connectivity index (χ1v) is 3.84. The molecule has 0 saturated carbocycles. The van der Waals surface area contributed by atoms with Crippen molar-refractivity contribution in [2.75, 3.05) is 7.11 Å². The molecule has 0 unspecified atom stereocenters. The van der Waals surface area contributed by atoms with Crippen molar-refractivity contribution in [3.63, 3.8) is 0 Å². The highest BCUT2D eigenvalue weighted by Crippen LogP contribution is 2.02. The molecule has 0 atom stereocenters. The molecule has 68 valence electrons. The molecule has 0 aliphatic rings. The summed E-state index contributed by atoms with van der Waals surface area (Å²) < 4.78 is 4.47. The number of hydrogen-bond donors (Lipinski definition) is 1. The van der Waals surface area contributed by atoms with Crippen molar-refractivity contribution in [2.24, 2.45) is 0 Å². The van der Waals surface area contributed by atoms with Crippen molar-refractivity contribution >= 4 is 5.97 Å². The Hall–Kier alpha value is -1.32. The zero-order chi connectivity index (χ0) is 9.56. The van der Waals surface area contributed by atoms with Gasteiger partial charge in [0.05, 0.1) is 13.3 Å². The summed E-state index contributed by atoms with van der Waals surface area (Å²) in [6.07, 6.45) is 1.58. The smallest absolute Gasteiger partial charge is 0.356 e. The molecule has 1 N–H and O–H groups in total. The van der Waals surface area contributed by atoms with Gasteiger partial charge in [-0.2, -0.15) is 5.10 Å². The molecule has 4 nitrogen and oxygen atoms in total. The number of carbonyl (C=O) groups excluding carboxylic acids is 1. The number of nitrogens with zero attached hydrogens (tertiary/aromatic N) is 1. The van der Waals surface area contributed by atoms with E-state index in [0.717, 1.165) is 5.56 Å². The molecule has 12 heavy (non-hydrogen) atoms. The Bertz CT molecular complexity index is 243. The normalized spacial score (nSPS) is 8.33. The minimum atomic E-state index is -0.380. The van der Waals surface area contributed by atoms with Crippen LogP contribution in [0.4, 0.5) is 0 Å². The number of ether oxygens (including phenoxy) is 1. The summed E-state index contributed by atoms with van der Waals surface area (Å²) in [6, 6.07) is 0. The van der Waals surface area contributed by atoms with Gasteiger partial charge in [0.15, 0.2) is 0 Å². The fraction of sp³-hybridized carbons (Fsp3) is 0.500. The van der Waals surface area contributed by atoms with E-state index in [-0.39, 0.29) is 5.97 Å². The number of nitrogens with one attached hydrogen (secondary N) is 1. The Balaban J connectivity index is 0.000000561. The van der Waals surface area contributed by atoms with Crippen LogP contribution in [-0.2, 0) is 4.74 Å². The molecule has 0 spiro atoms. The quantitative estimate of drug-likeness (QED) is 0.650. The van der Waals surface area contributed by atoms with E-state index >= 15 is 0 Å². The van der Waals surface area contributed by atoms with Gasteiger partial charge in [0.2, 0.25) is 0 Å². The maximum Gasteiger partial charge on any atom is 0.356 e.